The number of carbonyl (C=O) groups excluding carboxylic acids is 2. The van der Waals surface area contributed by atoms with E-state index in [1.165, 1.54) is 12.1 Å². The van der Waals surface area contributed by atoms with Crippen LogP contribution < -0.4 is 20.7 Å². The van der Waals surface area contributed by atoms with Crippen molar-refractivity contribution in [2.75, 3.05) is 39.4 Å². The van der Waals surface area contributed by atoms with E-state index in [-0.39, 0.29) is 18.9 Å². The normalized spacial score (nSPS) is 11.5. The van der Waals surface area contributed by atoms with Crippen molar-refractivity contribution in [1.82, 2.24) is 16.0 Å². The molecule has 0 bridgehead atoms. The molecule has 2 amide bonds. The van der Waals surface area contributed by atoms with Crippen LogP contribution in [-0.2, 0) is 9.53 Å². The molecule has 0 radical (unpaired) electrons. The Morgan fingerprint density at radius 2 is 1.89 bits per heavy atom. The van der Waals surface area contributed by atoms with Crippen molar-refractivity contribution in [3.05, 3.63) is 24.3 Å². The molecule has 0 aliphatic heterocycles. The lowest BCUT2D eigenvalue weighted by Crippen LogP contribution is -2.42. The maximum atomic E-state index is 11.5. The zero-order valence-electron chi connectivity index (χ0n) is 15.6. The molecule has 152 valence electrons. The van der Waals surface area contributed by atoms with Crippen LogP contribution >= 0.6 is 0 Å². The number of urea groups is 1. The second kappa shape index (κ2) is 13.7. The van der Waals surface area contributed by atoms with Gasteiger partial charge in [-0.2, -0.15) is 0 Å². The van der Waals surface area contributed by atoms with Gasteiger partial charge in [0, 0.05) is 19.6 Å². The third-order valence-electron chi connectivity index (χ3n) is 3.40. The number of phenols is 1. The minimum atomic E-state index is -0.717. The van der Waals surface area contributed by atoms with Crippen LogP contribution in [0, 0.1) is 0 Å². The van der Waals surface area contributed by atoms with Crippen molar-refractivity contribution in [3.8, 4) is 11.5 Å². The number of amides is 2. The van der Waals surface area contributed by atoms with Crippen molar-refractivity contribution < 1.29 is 29.3 Å². The number of hydrogen-bond donors (Lipinski definition) is 5. The van der Waals surface area contributed by atoms with Crippen LogP contribution in [0.4, 0.5) is 4.79 Å². The predicted molar refractivity (Wildman–Crippen MR) is 99.7 cm³/mol. The van der Waals surface area contributed by atoms with E-state index in [9.17, 15) is 19.8 Å². The average molecular weight is 383 g/mol. The number of aliphatic hydroxyl groups is 1. The molecule has 0 fully saturated rings. The fourth-order valence-corrected chi connectivity index (χ4v) is 1.92. The highest BCUT2D eigenvalue weighted by Gasteiger charge is 2.07. The number of aromatic hydroxyl groups is 1. The first-order valence-electron chi connectivity index (χ1n) is 8.99. The zero-order chi connectivity index (χ0) is 19.9. The molecule has 1 atom stereocenters. The van der Waals surface area contributed by atoms with Crippen LogP contribution in [-0.4, -0.2) is 67.7 Å². The predicted octanol–water partition coefficient (Wildman–Crippen LogP) is 0.364. The van der Waals surface area contributed by atoms with E-state index in [2.05, 4.69) is 16.0 Å². The van der Waals surface area contributed by atoms with E-state index in [4.69, 9.17) is 9.47 Å². The third-order valence-corrected chi connectivity index (χ3v) is 3.40. The fraction of sp³-hybridized carbons (Fsp3) is 0.556. The van der Waals surface area contributed by atoms with Gasteiger partial charge >= 0.3 is 12.0 Å². The summed E-state index contributed by atoms with van der Waals surface area (Å²) in [6, 6.07) is 5.76. The monoisotopic (exact) mass is 383 g/mol. The number of unbranched alkanes of at least 4 members (excludes halogenated alkanes) is 1. The van der Waals surface area contributed by atoms with Crippen LogP contribution in [0.2, 0.25) is 0 Å². The molecule has 9 heteroatoms. The summed E-state index contributed by atoms with van der Waals surface area (Å²) in [4.78, 5) is 22.8. The number of phenolic OH excluding ortho intramolecular Hbond substituents is 1. The Morgan fingerprint density at radius 1 is 1.15 bits per heavy atom. The van der Waals surface area contributed by atoms with E-state index < -0.39 is 18.1 Å². The van der Waals surface area contributed by atoms with E-state index >= 15 is 0 Å². The summed E-state index contributed by atoms with van der Waals surface area (Å²) in [5.74, 6) is 0.237. The maximum absolute atomic E-state index is 11.5. The first-order chi connectivity index (χ1) is 13.0. The molecule has 9 nitrogen and oxygen atoms in total. The Balaban J connectivity index is 1.99. The van der Waals surface area contributed by atoms with Crippen molar-refractivity contribution in [2.45, 2.75) is 25.9 Å². The molecule has 5 N–H and O–H groups in total. The van der Waals surface area contributed by atoms with Crippen molar-refractivity contribution in [2.24, 2.45) is 0 Å². The Bertz CT molecular complexity index is 553. The van der Waals surface area contributed by atoms with Gasteiger partial charge in [-0.15, -0.1) is 0 Å². The summed E-state index contributed by atoms with van der Waals surface area (Å²) >= 11 is 0. The van der Waals surface area contributed by atoms with Crippen LogP contribution in [0.5, 0.6) is 11.5 Å². The number of nitrogens with one attached hydrogen (secondary N) is 3. The lowest BCUT2D eigenvalue weighted by atomic mass is 10.3. The van der Waals surface area contributed by atoms with Gasteiger partial charge in [-0.3, -0.25) is 4.79 Å². The number of esters is 1. The number of hydrogen-bond acceptors (Lipinski definition) is 7. The number of ether oxygens (including phenoxy) is 2. The fourth-order valence-electron chi connectivity index (χ4n) is 1.92. The largest absolute Gasteiger partial charge is 0.508 e. The number of carbonyl (C=O) groups is 2. The summed E-state index contributed by atoms with van der Waals surface area (Å²) in [6.45, 7) is 3.37. The summed E-state index contributed by atoms with van der Waals surface area (Å²) in [6.07, 6.45) is 1.02. The topological polar surface area (TPSA) is 129 Å². The van der Waals surface area contributed by atoms with Crippen molar-refractivity contribution in [1.29, 1.82) is 0 Å². The minimum absolute atomic E-state index is 0.103. The Morgan fingerprint density at radius 3 is 2.59 bits per heavy atom. The molecule has 0 spiro atoms. The van der Waals surface area contributed by atoms with E-state index in [1.807, 2.05) is 6.92 Å². The highest BCUT2D eigenvalue weighted by Crippen LogP contribution is 2.15. The zero-order valence-corrected chi connectivity index (χ0v) is 15.6. The number of aliphatic hydroxyl groups excluding tert-OH is 1. The molecule has 1 unspecified atom stereocenters. The number of rotatable bonds is 13. The molecule has 0 aromatic heterocycles. The quantitative estimate of drug-likeness (QED) is 0.246. The third kappa shape index (κ3) is 11.7. The molecule has 0 heterocycles. The summed E-state index contributed by atoms with van der Waals surface area (Å²) < 4.78 is 10.3. The summed E-state index contributed by atoms with van der Waals surface area (Å²) in [5.41, 5.74) is 0. The van der Waals surface area contributed by atoms with Gasteiger partial charge in [-0.25, -0.2) is 4.79 Å². The Labute approximate surface area is 159 Å². The van der Waals surface area contributed by atoms with Crippen molar-refractivity contribution >= 4 is 12.0 Å². The number of benzene rings is 1. The Hall–Kier alpha value is -2.52. The molecule has 1 aromatic carbocycles. The van der Waals surface area contributed by atoms with Gasteiger partial charge in [0.05, 0.1) is 6.61 Å². The first kappa shape index (κ1) is 22.5. The van der Waals surface area contributed by atoms with E-state index in [0.717, 1.165) is 12.8 Å². The summed E-state index contributed by atoms with van der Waals surface area (Å²) in [5, 5.41) is 27.0. The summed E-state index contributed by atoms with van der Waals surface area (Å²) in [7, 11) is 0. The van der Waals surface area contributed by atoms with Gasteiger partial charge in [0.25, 0.3) is 0 Å². The van der Waals surface area contributed by atoms with E-state index in [1.54, 1.807) is 12.1 Å². The van der Waals surface area contributed by atoms with E-state index in [0.29, 0.717) is 32.0 Å². The molecular formula is C18H29N3O6. The average Bonchev–Trinajstić information content (AvgIpc) is 2.66. The lowest BCUT2D eigenvalue weighted by molar-refractivity contribution is -0.142. The second-order valence-electron chi connectivity index (χ2n) is 5.85. The van der Waals surface area contributed by atoms with Crippen LogP contribution in [0.25, 0.3) is 0 Å². The van der Waals surface area contributed by atoms with Gasteiger partial charge in [0.2, 0.25) is 0 Å². The van der Waals surface area contributed by atoms with Gasteiger partial charge in [0.15, 0.2) is 0 Å². The molecule has 0 saturated heterocycles. The highest BCUT2D eigenvalue weighted by atomic mass is 16.5. The van der Waals surface area contributed by atoms with Crippen LogP contribution in [0.3, 0.4) is 0 Å². The molecule has 27 heavy (non-hydrogen) atoms. The van der Waals surface area contributed by atoms with Crippen LogP contribution in [0.1, 0.15) is 19.8 Å². The maximum Gasteiger partial charge on any atom is 0.325 e. The molecule has 0 aliphatic rings. The van der Waals surface area contributed by atoms with Gasteiger partial charge < -0.3 is 35.6 Å². The van der Waals surface area contributed by atoms with Gasteiger partial charge in [-0.05, 0) is 30.7 Å². The molecule has 0 aliphatic carbocycles. The highest BCUT2D eigenvalue weighted by molar-refractivity contribution is 5.80. The molecule has 0 saturated carbocycles. The second-order valence-corrected chi connectivity index (χ2v) is 5.85. The molecular weight excluding hydrogens is 354 g/mol. The first-order valence-corrected chi connectivity index (χ1v) is 8.99. The Kier molecular flexibility index (Phi) is 11.4. The molecule has 1 rings (SSSR count). The molecule has 1 aromatic rings. The standard InChI is InChI=1S/C18H29N3O6/c1-2-3-10-26-17(24)12-21-18(25)20-9-8-19-11-15(23)13-27-16-6-4-14(22)5-7-16/h4-7,15,19,22-23H,2-3,8-13H2,1H3,(H2,20,21,25). The lowest BCUT2D eigenvalue weighted by Gasteiger charge is -2.13. The van der Waals surface area contributed by atoms with Crippen molar-refractivity contribution in [3.63, 3.8) is 0 Å². The smallest absolute Gasteiger partial charge is 0.325 e. The SMILES string of the molecule is CCCCOC(=O)CNC(=O)NCCNCC(O)COc1ccc(O)cc1. The van der Waals surface area contributed by atoms with Gasteiger partial charge in [0.1, 0.15) is 30.8 Å². The van der Waals surface area contributed by atoms with Gasteiger partial charge in [-0.1, -0.05) is 13.3 Å². The van der Waals surface area contributed by atoms with Crippen LogP contribution in [0.15, 0.2) is 24.3 Å². The minimum Gasteiger partial charge on any atom is -0.508 e.